The van der Waals surface area contributed by atoms with Gasteiger partial charge < -0.3 is 15.0 Å². The summed E-state index contributed by atoms with van der Waals surface area (Å²) in [4.78, 5) is 29.2. The fourth-order valence-electron chi connectivity index (χ4n) is 5.01. The van der Waals surface area contributed by atoms with Crippen LogP contribution in [0.25, 0.3) is 0 Å². The van der Waals surface area contributed by atoms with E-state index >= 15 is 0 Å². The molecular weight excluding hydrogens is 460 g/mol. The van der Waals surface area contributed by atoms with Crippen molar-refractivity contribution in [2.24, 2.45) is 0 Å². The molecule has 194 valence electrons. The molecule has 0 heterocycles. The van der Waals surface area contributed by atoms with Gasteiger partial charge in [-0.25, -0.2) is 0 Å². The lowest BCUT2D eigenvalue weighted by atomic mass is 10.0. The molecule has 4 rings (SSSR count). The van der Waals surface area contributed by atoms with Crippen LogP contribution in [0.4, 0.5) is 0 Å². The zero-order valence-corrected chi connectivity index (χ0v) is 22.2. The van der Waals surface area contributed by atoms with Gasteiger partial charge in [-0.1, -0.05) is 85.1 Å². The summed E-state index contributed by atoms with van der Waals surface area (Å²) in [6.07, 6.45) is 4.69. The average Bonchev–Trinajstić information content (AvgIpc) is 3.40. The molecule has 1 aliphatic carbocycles. The second-order valence-corrected chi connectivity index (χ2v) is 10.3. The van der Waals surface area contributed by atoms with Gasteiger partial charge in [-0.15, -0.1) is 0 Å². The van der Waals surface area contributed by atoms with Crippen LogP contribution in [0, 0.1) is 20.8 Å². The van der Waals surface area contributed by atoms with E-state index in [1.165, 1.54) is 0 Å². The maximum Gasteiger partial charge on any atom is 0.261 e. The number of nitrogens with one attached hydrogen (secondary N) is 1. The van der Waals surface area contributed by atoms with Gasteiger partial charge in [0.25, 0.3) is 5.91 Å². The minimum atomic E-state index is -0.641. The quantitative estimate of drug-likeness (QED) is 0.391. The summed E-state index contributed by atoms with van der Waals surface area (Å²) in [5, 5.41) is 3.25. The van der Waals surface area contributed by atoms with E-state index in [1.54, 1.807) is 4.90 Å². The molecule has 1 N–H and O–H groups in total. The first-order valence-electron chi connectivity index (χ1n) is 13.3. The van der Waals surface area contributed by atoms with Gasteiger partial charge in [0, 0.05) is 19.0 Å². The van der Waals surface area contributed by atoms with Crippen LogP contribution in [0.5, 0.6) is 5.75 Å². The van der Waals surface area contributed by atoms with Crippen LogP contribution >= 0.6 is 0 Å². The number of rotatable bonds is 10. The van der Waals surface area contributed by atoms with Crippen LogP contribution < -0.4 is 10.1 Å². The third-order valence-corrected chi connectivity index (χ3v) is 7.10. The number of hydrogen-bond donors (Lipinski definition) is 1. The third kappa shape index (κ3) is 7.45. The zero-order valence-electron chi connectivity index (χ0n) is 22.2. The first kappa shape index (κ1) is 26.5. The van der Waals surface area contributed by atoms with E-state index in [2.05, 4.69) is 11.4 Å². The summed E-state index contributed by atoms with van der Waals surface area (Å²) >= 11 is 0. The van der Waals surface area contributed by atoms with Crippen LogP contribution in [0.3, 0.4) is 0 Å². The Morgan fingerprint density at radius 3 is 2.32 bits per heavy atom. The molecule has 1 fully saturated rings. The van der Waals surface area contributed by atoms with Crippen LogP contribution in [-0.4, -0.2) is 35.4 Å². The molecule has 0 radical (unpaired) electrons. The SMILES string of the molecule is Cc1cccc(CN(C(=O)COc2cc(C)ccc2C)[C@@H](Cc2ccccc2)C(=O)NC2CCCC2)c1. The smallest absolute Gasteiger partial charge is 0.261 e. The molecule has 3 aromatic carbocycles. The highest BCUT2D eigenvalue weighted by atomic mass is 16.5. The van der Waals surface area contributed by atoms with E-state index < -0.39 is 6.04 Å². The lowest BCUT2D eigenvalue weighted by Gasteiger charge is -2.32. The number of ether oxygens (including phenoxy) is 1. The van der Waals surface area contributed by atoms with Crippen LogP contribution in [0.15, 0.2) is 72.8 Å². The second kappa shape index (κ2) is 12.6. The molecule has 1 aliphatic rings. The highest BCUT2D eigenvalue weighted by Gasteiger charge is 2.32. The molecule has 5 heteroatoms. The summed E-state index contributed by atoms with van der Waals surface area (Å²) in [6.45, 7) is 6.22. The minimum Gasteiger partial charge on any atom is -0.483 e. The summed E-state index contributed by atoms with van der Waals surface area (Å²) in [6, 6.07) is 23.5. The summed E-state index contributed by atoms with van der Waals surface area (Å²) in [5.74, 6) is 0.396. The molecular formula is C32H38N2O3. The number of benzene rings is 3. The van der Waals surface area contributed by atoms with Crippen molar-refractivity contribution < 1.29 is 14.3 Å². The molecule has 0 aliphatic heterocycles. The highest BCUT2D eigenvalue weighted by Crippen LogP contribution is 2.22. The molecule has 0 saturated heterocycles. The first-order valence-corrected chi connectivity index (χ1v) is 13.3. The number of carbonyl (C=O) groups is 2. The van der Waals surface area contributed by atoms with Gasteiger partial charge in [0.1, 0.15) is 11.8 Å². The fraction of sp³-hybridized carbons (Fsp3) is 0.375. The van der Waals surface area contributed by atoms with E-state index in [1.807, 2.05) is 87.5 Å². The molecule has 1 atom stereocenters. The molecule has 5 nitrogen and oxygen atoms in total. The predicted octanol–water partition coefficient (Wildman–Crippen LogP) is 5.69. The Hall–Kier alpha value is -3.60. The minimum absolute atomic E-state index is 0.0940. The summed E-state index contributed by atoms with van der Waals surface area (Å²) in [7, 11) is 0. The zero-order chi connectivity index (χ0) is 26.2. The maximum absolute atomic E-state index is 13.8. The van der Waals surface area contributed by atoms with Crippen LogP contribution in [0.1, 0.15) is 53.5 Å². The third-order valence-electron chi connectivity index (χ3n) is 7.10. The van der Waals surface area contributed by atoms with Crippen molar-refractivity contribution in [2.75, 3.05) is 6.61 Å². The lowest BCUT2D eigenvalue weighted by Crippen LogP contribution is -2.53. The van der Waals surface area contributed by atoms with Gasteiger partial charge in [0.15, 0.2) is 6.61 Å². The number of nitrogens with zero attached hydrogens (tertiary/aromatic N) is 1. The molecule has 0 bridgehead atoms. The fourth-order valence-corrected chi connectivity index (χ4v) is 5.01. The van der Waals surface area contributed by atoms with E-state index in [9.17, 15) is 9.59 Å². The Morgan fingerprint density at radius 2 is 1.59 bits per heavy atom. The molecule has 2 amide bonds. The molecule has 37 heavy (non-hydrogen) atoms. The molecule has 0 spiro atoms. The molecule has 3 aromatic rings. The largest absolute Gasteiger partial charge is 0.483 e. The summed E-state index contributed by atoms with van der Waals surface area (Å²) < 4.78 is 6.01. The maximum atomic E-state index is 13.8. The van der Waals surface area contributed by atoms with Crippen molar-refractivity contribution in [3.8, 4) is 5.75 Å². The van der Waals surface area contributed by atoms with Gasteiger partial charge in [-0.2, -0.15) is 0 Å². The molecule has 0 unspecified atom stereocenters. The topological polar surface area (TPSA) is 58.6 Å². The van der Waals surface area contributed by atoms with Crippen molar-refractivity contribution in [1.29, 1.82) is 0 Å². The van der Waals surface area contributed by atoms with Crippen LogP contribution in [-0.2, 0) is 22.6 Å². The van der Waals surface area contributed by atoms with Crippen molar-refractivity contribution in [2.45, 2.75) is 71.5 Å². The van der Waals surface area contributed by atoms with E-state index in [-0.39, 0.29) is 24.5 Å². The van der Waals surface area contributed by atoms with Crippen molar-refractivity contribution >= 4 is 11.8 Å². The number of hydrogen-bond acceptors (Lipinski definition) is 3. The monoisotopic (exact) mass is 498 g/mol. The predicted molar refractivity (Wildman–Crippen MR) is 147 cm³/mol. The van der Waals surface area contributed by atoms with E-state index in [0.29, 0.717) is 18.7 Å². The Balaban J connectivity index is 1.62. The van der Waals surface area contributed by atoms with Gasteiger partial charge in [0.2, 0.25) is 5.91 Å². The standard InChI is InChI=1S/C32H38N2O3/c1-23-10-9-13-27(18-23)21-34(31(35)22-37-30-19-24(2)16-17-25(30)3)29(20-26-11-5-4-6-12-26)32(36)33-28-14-7-8-15-28/h4-6,9-13,16-19,28-29H,7-8,14-15,20-22H2,1-3H3,(H,33,36)/t29-/m0/s1. The summed E-state index contributed by atoms with van der Waals surface area (Å²) in [5.41, 5.74) is 5.18. The average molecular weight is 499 g/mol. The number of aryl methyl sites for hydroxylation is 3. The molecule has 0 aromatic heterocycles. The number of carbonyl (C=O) groups excluding carboxylic acids is 2. The Labute approximate surface area is 220 Å². The normalized spacial score (nSPS) is 14.2. The molecule has 1 saturated carbocycles. The lowest BCUT2D eigenvalue weighted by molar-refractivity contribution is -0.143. The highest BCUT2D eigenvalue weighted by molar-refractivity contribution is 5.88. The van der Waals surface area contributed by atoms with Gasteiger partial charge >= 0.3 is 0 Å². The Morgan fingerprint density at radius 1 is 0.892 bits per heavy atom. The Bertz CT molecular complexity index is 1200. The number of amides is 2. The van der Waals surface area contributed by atoms with Crippen molar-refractivity contribution in [1.82, 2.24) is 10.2 Å². The van der Waals surface area contributed by atoms with Crippen LogP contribution in [0.2, 0.25) is 0 Å². The second-order valence-electron chi connectivity index (χ2n) is 10.3. The van der Waals surface area contributed by atoms with Gasteiger partial charge in [0.05, 0.1) is 0 Å². The Kier molecular flexibility index (Phi) is 8.99. The van der Waals surface area contributed by atoms with E-state index in [4.69, 9.17) is 4.74 Å². The first-order chi connectivity index (χ1) is 17.9. The van der Waals surface area contributed by atoms with Crippen molar-refractivity contribution in [3.63, 3.8) is 0 Å². The van der Waals surface area contributed by atoms with Gasteiger partial charge in [-0.05, 0) is 61.9 Å². The van der Waals surface area contributed by atoms with Gasteiger partial charge in [-0.3, -0.25) is 9.59 Å². The van der Waals surface area contributed by atoms with Crippen molar-refractivity contribution in [3.05, 3.63) is 101 Å². The van der Waals surface area contributed by atoms with E-state index in [0.717, 1.165) is 53.5 Å².